The van der Waals surface area contributed by atoms with Gasteiger partial charge in [-0.2, -0.15) is 0 Å². The van der Waals surface area contributed by atoms with Crippen molar-refractivity contribution in [3.05, 3.63) is 48.6 Å². The molecule has 0 saturated heterocycles. The number of aliphatic hydroxyl groups excluding tert-OH is 2. The molecule has 2 atom stereocenters. The van der Waals surface area contributed by atoms with Gasteiger partial charge in [0.2, 0.25) is 5.91 Å². The van der Waals surface area contributed by atoms with Crippen LogP contribution in [0.3, 0.4) is 0 Å². The Balaban J connectivity index is 3.41. The maximum atomic E-state index is 12.4. The molecule has 0 aromatic rings. The molecule has 0 aliphatic rings. The topological polar surface area (TPSA) is 95.9 Å². The first-order chi connectivity index (χ1) is 35.5. The minimum absolute atomic E-state index is 0.00445. The Labute approximate surface area is 448 Å². The lowest BCUT2D eigenvalue weighted by Gasteiger charge is -2.20. The number of amides is 1. The zero-order valence-corrected chi connectivity index (χ0v) is 48.2. The number of allylic oxidation sites excluding steroid dienone is 7. The third kappa shape index (κ3) is 57.1. The Bertz CT molecular complexity index is 1210. The second-order valence-electron chi connectivity index (χ2n) is 21.7. The smallest absolute Gasteiger partial charge is 0.305 e. The summed E-state index contributed by atoms with van der Waals surface area (Å²) in [5.41, 5.74) is 0. The van der Waals surface area contributed by atoms with E-state index in [1.165, 1.54) is 257 Å². The maximum absolute atomic E-state index is 12.4. The van der Waals surface area contributed by atoms with Gasteiger partial charge in [-0.15, -0.1) is 0 Å². The average molecular weight is 1010 g/mol. The third-order valence-electron chi connectivity index (χ3n) is 14.6. The number of rotatable bonds is 59. The van der Waals surface area contributed by atoms with Gasteiger partial charge < -0.3 is 20.3 Å². The second-order valence-corrected chi connectivity index (χ2v) is 21.7. The van der Waals surface area contributed by atoms with Crippen LogP contribution in [0.5, 0.6) is 0 Å². The summed E-state index contributed by atoms with van der Waals surface area (Å²) in [6.45, 7) is 4.89. The van der Waals surface area contributed by atoms with Crippen molar-refractivity contribution in [3.8, 4) is 0 Å². The summed E-state index contributed by atoms with van der Waals surface area (Å²) >= 11 is 0. The summed E-state index contributed by atoms with van der Waals surface area (Å²) in [5, 5.41) is 23.1. The molecule has 0 radical (unpaired) electrons. The van der Waals surface area contributed by atoms with Crippen molar-refractivity contribution in [3.63, 3.8) is 0 Å². The van der Waals surface area contributed by atoms with Crippen LogP contribution >= 0.6 is 0 Å². The molecule has 0 fully saturated rings. The van der Waals surface area contributed by atoms with E-state index in [9.17, 15) is 19.8 Å². The largest absolute Gasteiger partial charge is 0.466 e. The van der Waals surface area contributed by atoms with Crippen LogP contribution < -0.4 is 5.32 Å². The number of ether oxygens (including phenoxy) is 1. The summed E-state index contributed by atoms with van der Waals surface area (Å²) < 4.78 is 5.49. The summed E-state index contributed by atoms with van der Waals surface area (Å²) in [6.07, 6.45) is 78.7. The number of hydrogen-bond acceptors (Lipinski definition) is 5. The van der Waals surface area contributed by atoms with E-state index in [1.807, 2.05) is 6.08 Å². The Morgan fingerprint density at radius 3 is 1.08 bits per heavy atom. The molecule has 0 bridgehead atoms. The molecule has 0 aromatic carbocycles. The van der Waals surface area contributed by atoms with Crippen molar-refractivity contribution >= 4 is 11.9 Å². The molecule has 422 valence electrons. The second kappa shape index (κ2) is 61.4. The molecule has 0 heterocycles. The van der Waals surface area contributed by atoms with Crippen LogP contribution in [-0.2, 0) is 14.3 Å². The molecule has 3 N–H and O–H groups in total. The molecule has 72 heavy (non-hydrogen) atoms. The predicted molar refractivity (Wildman–Crippen MR) is 315 cm³/mol. The number of unbranched alkanes of at least 4 members (excludes halogenated alkanes) is 42. The molecule has 1 amide bonds. The van der Waals surface area contributed by atoms with Gasteiger partial charge in [0.25, 0.3) is 0 Å². The molecule has 6 heteroatoms. The van der Waals surface area contributed by atoms with E-state index in [0.29, 0.717) is 19.4 Å². The van der Waals surface area contributed by atoms with Gasteiger partial charge in [0.1, 0.15) is 0 Å². The minimum atomic E-state index is -0.847. The summed E-state index contributed by atoms with van der Waals surface area (Å²) in [7, 11) is 0. The number of carbonyl (C=O) groups is 2. The SMILES string of the molecule is CCCCCC/C=C\C/C=C\CCCCCCCCCC(=O)OCCCCCCCCCCCCCC/C=C\CCCCCCCCCCC(=O)NC(CO)C(O)/C=C/CCCCCCCCCCCCC. The van der Waals surface area contributed by atoms with E-state index in [0.717, 1.165) is 51.4 Å². The van der Waals surface area contributed by atoms with Gasteiger partial charge in [-0.1, -0.05) is 281 Å². The average Bonchev–Trinajstić information content (AvgIpc) is 3.38. The lowest BCUT2D eigenvalue weighted by atomic mass is 10.0. The van der Waals surface area contributed by atoms with Gasteiger partial charge in [-0.05, 0) is 89.9 Å². The van der Waals surface area contributed by atoms with Crippen LogP contribution in [0.4, 0.5) is 0 Å². The first-order valence-electron chi connectivity index (χ1n) is 31.9. The normalized spacial score (nSPS) is 12.9. The van der Waals surface area contributed by atoms with Crippen molar-refractivity contribution in [1.29, 1.82) is 0 Å². The maximum Gasteiger partial charge on any atom is 0.305 e. The zero-order valence-electron chi connectivity index (χ0n) is 48.2. The fraction of sp³-hybridized carbons (Fsp3) is 0.848. The monoisotopic (exact) mass is 1010 g/mol. The molecule has 0 saturated carbocycles. The number of nitrogens with one attached hydrogen (secondary N) is 1. The van der Waals surface area contributed by atoms with Crippen LogP contribution in [-0.4, -0.2) is 47.4 Å². The highest BCUT2D eigenvalue weighted by atomic mass is 16.5. The van der Waals surface area contributed by atoms with Crippen molar-refractivity contribution in [2.24, 2.45) is 0 Å². The van der Waals surface area contributed by atoms with Gasteiger partial charge in [-0.25, -0.2) is 0 Å². The molecular weight excluding hydrogens is 887 g/mol. The molecule has 0 aliphatic carbocycles. The Hall–Kier alpha value is -2.18. The highest BCUT2D eigenvalue weighted by Gasteiger charge is 2.18. The third-order valence-corrected chi connectivity index (χ3v) is 14.6. The minimum Gasteiger partial charge on any atom is -0.466 e. The van der Waals surface area contributed by atoms with Gasteiger partial charge >= 0.3 is 5.97 Å². The number of esters is 1. The fourth-order valence-electron chi connectivity index (χ4n) is 9.66. The van der Waals surface area contributed by atoms with E-state index in [4.69, 9.17) is 4.74 Å². The summed E-state index contributed by atoms with van der Waals surface area (Å²) in [5.74, 6) is -0.0682. The highest BCUT2D eigenvalue weighted by Crippen LogP contribution is 2.17. The van der Waals surface area contributed by atoms with E-state index >= 15 is 0 Å². The van der Waals surface area contributed by atoms with Crippen molar-refractivity contribution < 1.29 is 24.5 Å². The molecule has 0 rings (SSSR count). The van der Waals surface area contributed by atoms with Crippen LogP contribution in [0.1, 0.15) is 335 Å². The Morgan fingerprint density at radius 2 is 0.694 bits per heavy atom. The first-order valence-corrected chi connectivity index (χ1v) is 31.9. The van der Waals surface area contributed by atoms with Crippen LogP contribution in [0.2, 0.25) is 0 Å². The van der Waals surface area contributed by atoms with Crippen molar-refractivity contribution in [2.75, 3.05) is 13.2 Å². The molecule has 2 unspecified atom stereocenters. The van der Waals surface area contributed by atoms with Gasteiger partial charge in [0.15, 0.2) is 0 Å². The van der Waals surface area contributed by atoms with Crippen molar-refractivity contribution in [1.82, 2.24) is 5.32 Å². The molecule has 0 spiro atoms. The van der Waals surface area contributed by atoms with Gasteiger partial charge in [0, 0.05) is 12.8 Å². The fourth-order valence-corrected chi connectivity index (χ4v) is 9.66. The van der Waals surface area contributed by atoms with Crippen molar-refractivity contribution in [2.45, 2.75) is 347 Å². The molecule has 0 aliphatic heterocycles. The summed E-state index contributed by atoms with van der Waals surface area (Å²) in [6, 6.07) is -0.631. The van der Waals surface area contributed by atoms with Crippen LogP contribution in [0.15, 0.2) is 48.6 Å². The lowest BCUT2D eigenvalue weighted by molar-refractivity contribution is -0.143. The zero-order chi connectivity index (χ0) is 52.2. The van der Waals surface area contributed by atoms with Gasteiger partial charge in [0.05, 0.1) is 25.4 Å². The Kier molecular flexibility index (Phi) is 59.5. The van der Waals surface area contributed by atoms with E-state index in [1.54, 1.807) is 6.08 Å². The van der Waals surface area contributed by atoms with Crippen LogP contribution in [0.25, 0.3) is 0 Å². The van der Waals surface area contributed by atoms with E-state index < -0.39 is 12.1 Å². The summed E-state index contributed by atoms with van der Waals surface area (Å²) in [4.78, 5) is 24.5. The molecular formula is C66H123NO5. The highest BCUT2D eigenvalue weighted by molar-refractivity contribution is 5.76. The van der Waals surface area contributed by atoms with Gasteiger partial charge in [-0.3, -0.25) is 9.59 Å². The number of hydrogen-bond donors (Lipinski definition) is 3. The quantitative estimate of drug-likeness (QED) is 0.0320. The predicted octanol–water partition coefficient (Wildman–Crippen LogP) is 20.1. The number of carbonyl (C=O) groups excluding carboxylic acids is 2. The standard InChI is InChI=1S/C66H123NO5/c1-3-5-7-9-11-13-15-17-18-19-29-32-36-40-44-48-52-56-60-66(71)72-61-57-53-49-45-41-37-33-30-27-25-23-21-20-22-24-26-28-31-35-39-43-47-51-55-59-65(70)67-63(62-68)64(69)58-54-50-46-42-38-34-16-14-12-10-8-6-4-2/h13,15,18-19,22,24,54,58,63-64,68-69H,3-12,14,16-17,20-21,23,25-53,55-57,59-62H2,1-2H3,(H,67,70)/b15-13-,19-18-,24-22-,58-54+. The Morgan fingerprint density at radius 1 is 0.389 bits per heavy atom. The van der Waals surface area contributed by atoms with E-state index in [2.05, 4.69) is 55.6 Å². The molecule has 0 aromatic heterocycles. The number of aliphatic hydroxyl groups is 2. The van der Waals surface area contributed by atoms with E-state index in [-0.39, 0.29) is 18.5 Å². The lowest BCUT2D eigenvalue weighted by Crippen LogP contribution is -2.45. The first kappa shape index (κ1) is 69.8. The van der Waals surface area contributed by atoms with Crippen LogP contribution in [0, 0.1) is 0 Å². The molecule has 6 nitrogen and oxygen atoms in total.